The van der Waals surface area contributed by atoms with Gasteiger partial charge in [-0.2, -0.15) is 0 Å². The summed E-state index contributed by atoms with van der Waals surface area (Å²) in [6, 6.07) is 14.3. The van der Waals surface area contributed by atoms with Crippen molar-refractivity contribution < 1.29 is 9.90 Å². The van der Waals surface area contributed by atoms with E-state index in [9.17, 15) is 9.90 Å². The second kappa shape index (κ2) is 4.76. The number of phenolic OH excluding ortho intramolecular Hbond substituents is 1. The van der Waals surface area contributed by atoms with Crippen LogP contribution in [0, 0.1) is 0 Å². The Morgan fingerprint density at radius 3 is 2.37 bits per heavy atom. The molecule has 1 aliphatic heterocycles. The number of aromatic hydroxyl groups is 1. The van der Waals surface area contributed by atoms with Crippen LogP contribution in [-0.4, -0.2) is 24.0 Å². The SMILES string of the molecule is O=C(c1ccccc1)c1ccc(N2CCC2)cc1O. The third kappa shape index (κ3) is 2.19. The maximum absolute atomic E-state index is 12.3. The fourth-order valence-corrected chi connectivity index (χ4v) is 2.23. The molecule has 0 radical (unpaired) electrons. The molecule has 0 saturated carbocycles. The number of phenols is 1. The minimum atomic E-state index is -0.145. The topological polar surface area (TPSA) is 40.5 Å². The Morgan fingerprint density at radius 2 is 1.79 bits per heavy atom. The fourth-order valence-electron chi connectivity index (χ4n) is 2.23. The number of nitrogens with zero attached hydrogens (tertiary/aromatic N) is 1. The average molecular weight is 253 g/mol. The van der Waals surface area contributed by atoms with Crippen LogP contribution in [0.15, 0.2) is 48.5 Å². The Hall–Kier alpha value is -2.29. The van der Waals surface area contributed by atoms with Gasteiger partial charge in [0.1, 0.15) is 5.75 Å². The van der Waals surface area contributed by atoms with Crippen molar-refractivity contribution in [2.24, 2.45) is 0 Å². The molecular weight excluding hydrogens is 238 g/mol. The minimum Gasteiger partial charge on any atom is -0.507 e. The van der Waals surface area contributed by atoms with Crippen LogP contribution in [0.25, 0.3) is 0 Å². The largest absolute Gasteiger partial charge is 0.507 e. The zero-order valence-electron chi connectivity index (χ0n) is 10.5. The molecule has 3 heteroatoms. The molecule has 3 nitrogen and oxygen atoms in total. The van der Waals surface area contributed by atoms with Gasteiger partial charge in [0.25, 0.3) is 0 Å². The van der Waals surface area contributed by atoms with Gasteiger partial charge in [-0.1, -0.05) is 30.3 Å². The normalized spacial score (nSPS) is 14.0. The second-order valence-electron chi connectivity index (χ2n) is 4.74. The van der Waals surface area contributed by atoms with Gasteiger partial charge in [0, 0.05) is 30.4 Å². The highest BCUT2D eigenvalue weighted by atomic mass is 16.3. The molecule has 0 unspecified atom stereocenters. The van der Waals surface area contributed by atoms with E-state index in [0.717, 1.165) is 18.8 Å². The van der Waals surface area contributed by atoms with Crippen LogP contribution >= 0.6 is 0 Å². The molecule has 2 aromatic carbocycles. The van der Waals surface area contributed by atoms with Crippen LogP contribution in [0.4, 0.5) is 5.69 Å². The van der Waals surface area contributed by atoms with Gasteiger partial charge in [-0.05, 0) is 18.6 Å². The van der Waals surface area contributed by atoms with Gasteiger partial charge in [-0.25, -0.2) is 0 Å². The molecule has 0 atom stereocenters. The summed E-state index contributed by atoms with van der Waals surface area (Å²) in [6.45, 7) is 2.04. The van der Waals surface area contributed by atoms with Crippen LogP contribution in [0.5, 0.6) is 5.75 Å². The Kier molecular flexibility index (Phi) is 2.95. The number of ketones is 1. The lowest BCUT2D eigenvalue weighted by atomic mass is 10.0. The third-order valence-corrected chi connectivity index (χ3v) is 3.48. The molecule has 0 amide bonds. The first-order chi connectivity index (χ1) is 9.25. The monoisotopic (exact) mass is 253 g/mol. The highest BCUT2D eigenvalue weighted by Crippen LogP contribution is 2.28. The van der Waals surface area contributed by atoms with Gasteiger partial charge in [-0.15, -0.1) is 0 Å². The lowest BCUT2D eigenvalue weighted by molar-refractivity contribution is 0.103. The lowest BCUT2D eigenvalue weighted by Gasteiger charge is -2.33. The van der Waals surface area contributed by atoms with E-state index in [0.29, 0.717) is 11.1 Å². The zero-order chi connectivity index (χ0) is 13.2. The van der Waals surface area contributed by atoms with Crippen molar-refractivity contribution in [1.82, 2.24) is 0 Å². The summed E-state index contributed by atoms with van der Waals surface area (Å²) in [4.78, 5) is 14.4. The smallest absolute Gasteiger partial charge is 0.196 e. The first kappa shape index (κ1) is 11.8. The molecule has 1 N–H and O–H groups in total. The van der Waals surface area contributed by atoms with Gasteiger partial charge in [-0.3, -0.25) is 4.79 Å². The standard InChI is InChI=1S/C16H15NO2/c18-15-11-13(17-9-4-10-17)7-8-14(15)16(19)12-5-2-1-3-6-12/h1-3,5-8,11,18H,4,9-10H2. The molecule has 0 aliphatic carbocycles. The van der Waals surface area contributed by atoms with E-state index >= 15 is 0 Å². The van der Waals surface area contributed by atoms with Gasteiger partial charge < -0.3 is 10.0 Å². The maximum atomic E-state index is 12.3. The number of carbonyl (C=O) groups excluding carboxylic acids is 1. The zero-order valence-corrected chi connectivity index (χ0v) is 10.5. The molecule has 96 valence electrons. The van der Waals surface area contributed by atoms with E-state index in [1.807, 2.05) is 24.3 Å². The third-order valence-electron chi connectivity index (χ3n) is 3.48. The Bertz CT molecular complexity index is 603. The highest BCUT2D eigenvalue weighted by Gasteiger charge is 2.18. The maximum Gasteiger partial charge on any atom is 0.196 e. The number of hydrogen-bond acceptors (Lipinski definition) is 3. The van der Waals surface area contributed by atoms with Crippen molar-refractivity contribution in [2.75, 3.05) is 18.0 Å². The van der Waals surface area contributed by atoms with Gasteiger partial charge in [0.15, 0.2) is 5.78 Å². The lowest BCUT2D eigenvalue weighted by Crippen LogP contribution is -2.36. The van der Waals surface area contributed by atoms with Crippen molar-refractivity contribution in [3.8, 4) is 5.75 Å². The first-order valence-corrected chi connectivity index (χ1v) is 6.43. The Labute approximate surface area is 112 Å². The van der Waals surface area contributed by atoms with E-state index in [4.69, 9.17) is 0 Å². The molecule has 19 heavy (non-hydrogen) atoms. The molecule has 0 spiro atoms. The number of hydrogen-bond donors (Lipinski definition) is 1. The molecule has 1 heterocycles. The van der Waals surface area contributed by atoms with Crippen molar-refractivity contribution in [2.45, 2.75) is 6.42 Å². The minimum absolute atomic E-state index is 0.0539. The van der Waals surface area contributed by atoms with Crippen molar-refractivity contribution >= 4 is 11.5 Å². The van der Waals surface area contributed by atoms with Gasteiger partial charge >= 0.3 is 0 Å². The fraction of sp³-hybridized carbons (Fsp3) is 0.188. The Morgan fingerprint density at radius 1 is 1.05 bits per heavy atom. The average Bonchev–Trinajstić information content (AvgIpc) is 2.37. The van der Waals surface area contributed by atoms with Gasteiger partial charge in [0.2, 0.25) is 0 Å². The number of benzene rings is 2. The first-order valence-electron chi connectivity index (χ1n) is 6.43. The number of rotatable bonds is 3. The molecule has 3 rings (SSSR count). The summed E-state index contributed by atoms with van der Waals surface area (Å²) >= 11 is 0. The van der Waals surface area contributed by atoms with E-state index in [1.165, 1.54) is 6.42 Å². The predicted molar refractivity (Wildman–Crippen MR) is 74.8 cm³/mol. The molecule has 1 aliphatic rings. The van der Waals surface area contributed by atoms with Crippen molar-refractivity contribution in [3.63, 3.8) is 0 Å². The summed E-state index contributed by atoms with van der Waals surface area (Å²) < 4.78 is 0. The van der Waals surface area contributed by atoms with Crippen LogP contribution in [0.2, 0.25) is 0 Å². The molecular formula is C16H15NO2. The van der Waals surface area contributed by atoms with Gasteiger partial charge in [0.05, 0.1) is 5.56 Å². The molecule has 0 bridgehead atoms. The molecule has 1 fully saturated rings. The van der Waals surface area contributed by atoms with E-state index in [2.05, 4.69) is 4.90 Å². The molecule has 2 aromatic rings. The van der Waals surface area contributed by atoms with E-state index in [1.54, 1.807) is 24.3 Å². The van der Waals surface area contributed by atoms with Crippen LogP contribution < -0.4 is 4.90 Å². The predicted octanol–water partition coefficient (Wildman–Crippen LogP) is 2.83. The molecule has 1 saturated heterocycles. The van der Waals surface area contributed by atoms with Crippen molar-refractivity contribution in [3.05, 3.63) is 59.7 Å². The highest BCUT2D eigenvalue weighted by molar-refractivity contribution is 6.10. The number of carbonyl (C=O) groups is 1. The molecule has 0 aromatic heterocycles. The van der Waals surface area contributed by atoms with E-state index in [-0.39, 0.29) is 11.5 Å². The summed E-state index contributed by atoms with van der Waals surface area (Å²) in [5.41, 5.74) is 1.93. The van der Waals surface area contributed by atoms with E-state index < -0.39 is 0 Å². The Balaban J connectivity index is 1.91. The summed E-state index contributed by atoms with van der Waals surface area (Å²) in [5.74, 6) is -0.0912. The van der Waals surface area contributed by atoms with Crippen LogP contribution in [0.1, 0.15) is 22.3 Å². The summed E-state index contributed by atoms with van der Waals surface area (Å²) in [6.07, 6.45) is 1.19. The number of anilines is 1. The quantitative estimate of drug-likeness (QED) is 0.855. The van der Waals surface area contributed by atoms with Crippen LogP contribution in [-0.2, 0) is 0 Å². The summed E-state index contributed by atoms with van der Waals surface area (Å²) in [5, 5.41) is 10.0. The second-order valence-corrected chi connectivity index (χ2v) is 4.74. The van der Waals surface area contributed by atoms with Crippen LogP contribution in [0.3, 0.4) is 0 Å². The summed E-state index contributed by atoms with van der Waals surface area (Å²) in [7, 11) is 0. The van der Waals surface area contributed by atoms with Crippen molar-refractivity contribution in [1.29, 1.82) is 0 Å².